The number of carbonyl (C=O) groups excluding carboxylic acids is 1. The molecule has 1 aromatic rings. The Morgan fingerprint density at radius 1 is 1.65 bits per heavy atom. The molecule has 2 heterocycles. The van der Waals surface area contributed by atoms with Crippen LogP contribution in [0.4, 0.5) is 5.69 Å². The number of nitrogens with two attached hydrogens (primary N) is 1. The zero-order valence-electron chi connectivity index (χ0n) is 11.7. The third-order valence-electron chi connectivity index (χ3n) is 3.80. The summed E-state index contributed by atoms with van der Waals surface area (Å²) >= 11 is 5.92. The van der Waals surface area contributed by atoms with Crippen LogP contribution in [0.25, 0.3) is 0 Å². The highest BCUT2D eigenvalue weighted by atomic mass is 35.5. The summed E-state index contributed by atoms with van der Waals surface area (Å²) in [5.41, 5.74) is 6.63. The van der Waals surface area contributed by atoms with Crippen LogP contribution in [0, 0.1) is 5.92 Å². The fourth-order valence-corrected chi connectivity index (χ4v) is 2.74. The van der Waals surface area contributed by atoms with E-state index in [1.54, 1.807) is 18.3 Å². The van der Waals surface area contributed by atoms with Gasteiger partial charge in [-0.15, -0.1) is 0 Å². The lowest BCUT2D eigenvalue weighted by Crippen LogP contribution is -2.48. The Kier molecular flexibility index (Phi) is 5.34. The van der Waals surface area contributed by atoms with E-state index in [2.05, 4.69) is 22.1 Å². The predicted octanol–water partition coefficient (Wildman–Crippen LogP) is 1.73. The van der Waals surface area contributed by atoms with E-state index in [-0.39, 0.29) is 11.9 Å². The van der Waals surface area contributed by atoms with Crippen molar-refractivity contribution in [3.63, 3.8) is 0 Å². The molecule has 3 N–H and O–H groups in total. The molecule has 1 aliphatic rings. The van der Waals surface area contributed by atoms with Crippen LogP contribution in [0.3, 0.4) is 0 Å². The summed E-state index contributed by atoms with van der Waals surface area (Å²) in [5, 5.41) is 3.11. The second-order valence-electron chi connectivity index (χ2n) is 5.25. The van der Waals surface area contributed by atoms with E-state index < -0.39 is 0 Å². The summed E-state index contributed by atoms with van der Waals surface area (Å²) in [4.78, 5) is 18.1. The van der Waals surface area contributed by atoms with E-state index in [9.17, 15) is 4.79 Å². The van der Waals surface area contributed by atoms with Gasteiger partial charge in [-0.05, 0) is 24.5 Å². The van der Waals surface area contributed by atoms with Crippen molar-refractivity contribution in [2.75, 3.05) is 25.0 Å². The third-order valence-corrected chi connectivity index (χ3v) is 4.10. The van der Waals surface area contributed by atoms with Gasteiger partial charge in [-0.25, -0.2) is 4.98 Å². The number of aromatic nitrogens is 1. The van der Waals surface area contributed by atoms with Crippen LogP contribution in [0.1, 0.15) is 19.8 Å². The number of nitrogens with one attached hydrogen (secondary N) is 1. The molecule has 0 aromatic carbocycles. The lowest BCUT2D eigenvalue weighted by Gasteiger charge is -2.36. The molecular weight excluding hydrogens is 276 g/mol. The highest BCUT2D eigenvalue weighted by Crippen LogP contribution is 2.20. The van der Waals surface area contributed by atoms with Crippen molar-refractivity contribution in [1.82, 2.24) is 9.88 Å². The molecule has 1 fully saturated rings. The van der Waals surface area contributed by atoms with Gasteiger partial charge < -0.3 is 11.1 Å². The first-order valence-corrected chi connectivity index (χ1v) is 7.36. The van der Waals surface area contributed by atoms with Gasteiger partial charge in [0.1, 0.15) is 0 Å². The zero-order chi connectivity index (χ0) is 14.5. The van der Waals surface area contributed by atoms with Gasteiger partial charge >= 0.3 is 0 Å². The number of likely N-dealkylation sites (tertiary alicyclic amines) is 1. The molecule has 110 valence electrons. The number of amides is 1. The van der Waals surface area contributed by atoms with E-state index in [0.717, 1.165) is 25.9 Å². The van der Waals surface area contributed by atoms with E-state index in [1.807, 2.05) is 0 Å². The summed E-state index contributed by atoms with van der Waals surface area (Å²) in [7, 11) is 0. The Morgan fingerprint density at radius 2 is 2.45 bits per heavy atom. The molecule has 6 heteroatoms. The number of hydrogen-bond donors (Lipinski definition) is 2. The lowest BCUT2D eigenvalue weighted by atomic mass is 9.91. The largest absolute Gasteiger partial charge is 0.327 e. The normalized spacial score (nSPS) is 23.6. The number of nitrogens with zero attached hydrogens (tertiary/aromatic N) is 2. The van der Waals surface area contributed by atoms with Crippen LogP contribution < -0.4 is 11.1 Å². The van der Waals surface area contributed by atoms with E-state index >= 15 is 0 Å². The first kappa shape index (κ1) is 15.2. The Hall–Kier alpha value is -1.17. The van der Waals surface area contributed by atoms with E-state index in [0.29, 0.717) is 23.3 Å². The topological polar surface area (TPSA) is 71.2 Å². The molecular formula is C14H21ClN4O. The van der Waals surface area contributed by atoms with Crippen LogP contribution in [-0.4, -0.2) is 41.5 Å². The van der Waals surface area contributed by atoms with Gasteiger partial charge in [-0.2, -0.15) is 0 Å². The SMILES string of the molecule is CCC1CN(CC(=O)Nc2cccnc2Cl)CCC1N. The Labute approximate surface area is 124 Å². The summed E-state index contributed by atoms with van der Waals surface area (Å²) in [5.74, 6) is 0.406. The minimum absolute atomic E-state index is 0.0646. The van der Waals surface area contributed by atoms with Crippen molar-refractivity contribution in [2.24, 2.45) is 11.7 Å². The van der Waals surface area contributed by atoms with Gasteiger partial charge in [0.25, 0.3) is 0 Å². The fourth-order valence-electron chi connectivity index (χ4n) is 2.57. The molecule has 2 rings (SSSR count). The summed E-state index contributed by atoms with van der Waals surface area (Å²) in [6, 6.07) is 3.75. The van der Waals surface area contributed by atoms with Gasteiger partial charge in [-0.3, -0.25) is 9.69 Å². The molecule has 1 amide bonds. The smallest absolute Gasteiger partial charge is 0.238 e. The van der Waals surface area contributed by atoms with Crippen LogP contribution >= 0.6 is 11.6 Å². The second-order valence-corrected chi connectivity index (χ2v) is 5.60. The van der Waals surface area contributed by atoms with Crippen LogP contribution in [0.15, 0.2) is 18.3 Å². The molecule has 2 atom stereocenters. The fraction of sp³-hybridized carbons (Fsp3) is 0.571. The molecule has 0 saturated carbocycles. The Bertz CT molecular complexity index is 468. The van der Waals surface area contributed by atoms with Crippen molar-refractivity contribution >= 4 is 23.2 Å². The minimum Gasteiger partial charge on any atom is -0.327 e. The number of halogens is 1. The van der Waals surface area contributed by atoms with Crippen LogP contribution in [-0.2, 0) is 4.79 Å². The second kappa shape index (κ2) is 7.02. The number of hydrogen-bond acceptors (Lipinski definition) is 4. The number of pyridine rings is 1. The lowest BCUT2D eigenvalue weighted by molar-refractivity contribution is -0.117. The van der Waals surface area contributed by atoms with Crippen molar-refractivity contribution in [2.45, 2.75) is 25.8 Å². The molecule has 0 radical (unpaired) electrons. The van der Waals surface area contributed by atoms with Crippen molar-refractivity contribution in [1.29, 1.82) is 0 Å². The summed E-state index contributed by atoms with van der Waals surface area (Å²) in [6.07, 6.45) is 3.59. The number of piperidine rings is 1. The average Bonchev–Trinajstić information content (AvgIpc) is 2.43. The maximum atomic E-state index is 12.0. The molecule has 1 aliphatic heterocycles. The molecule has 0 aliphatic carbocycles. The maximum Gasteiger partial charge on any atom is 0.238 e. The van der Waals surface area contributed by atoms with Gasteiger partial charge in [-0.1, -0.05) is 24.9 Å². The molecule has 1 aromatic heterocycles. The Morgan fingerprint density at radius 3 is 3.15 bits per heavy atom. The average molecular weight is 297 g/mol. The van der Waals surface area contributed by atoms with Crippen LogP contribution in [0.2, 0.25) is 5.15 Å². The highest BCUT2D eigenvalue weighted by Gasteiger charge is 2.26. The molecule has 0 bridgehead atoms. The van der Waals surface area contributed by atoms with E-state index in [1.165, 1.54) is 0 Å². The van der Waals surface area contributed by atoms with E-state index in [4.69, 9.17) is 17.3 Å². The molecule has 20 heavy (non-hydrogen) atoms. The highest BCUT2D eigenvalue weighted by molar-refractivity contribution is 6.32. The number of carbonyl (C=O) groups is 1. The zero-order valence-corrected chi connectivity index (χ0v) is 12.4. The molecule has 5 nitrogen and oxygen atoms in total. The van der Waals surface area contributed by atoms with Crippen molar-refractivity contribution in [3.8, 4) is 0 Å². The van der Waals surface area contributed by atoms with Crippen molar-refractivity contribution < 1.29 is 4.79 Å². The van der Waals surface area contributed by atoms with Gasteiger partial charge in [0.2, 0.25) is 5.91 Å². The first-order chi connectivity index (χ1) is 9.60. The molecule has 0 spiro atoms. The van der Waals surface area contributed by atoms with Gasteiger partial charge in [0.05, 0.1) is 12.2 Å². The van der Waals surface area contributed by atoms with Gasteiger partial charge in [0.15, 0.2) is 5.15 Å². The third kappa shape index (κ3) is 3.91. The maximum absolute atomic E-state index is 12.0. The minimum atomic E-state index is -0.0646. The van der Waals surface area contributed by atoms with Crippen LogP contribution in [0.5, 0.6) is 0 Å². The monoisotopic (exact) mass is 296 g/mol. The summed E-state index contributed by atoms with van der Waals surface area (Å²) in [6.45, 7) is 4.26. The van der Waals surface area contributed by atoms with Gasteiger partial charge in [0, 0.05) is 25.3 Å². The number of anilines is 1. The van der Waals surface area contributed by atoms with Crippen molar-refractivity contribution in [3.05, 3.63) is 23.5 Å². The Balaban J connectivity index is 1.87. The number of rotatable bonds is 4. The standard InChI is InChI=1S/C14H21ClN4O/c1-2-10-8-19(7-5-11(10)16)9-13(20)18-12-4-3-6-17-14(12)15/h3-4,6,10-11H,2,5,7-9,16H2,1H3,(H,18,20). The molecule has 2 unspecified atom stereocenters. The predicted molar refractivity (Wildman–Crippen MR) is 80.7 cm³/mol. The molecule has 1 saturated heterocycles. The summed E-state index contributed by atoms with van der Waals surface area (Å²) < 4.78 is 0. The first-order valence-electron chi connectivity index (χ1n) is 6.98. The quantitative estimate of drug-likeness (QED) is 0.830.